The fourth-order valence-electron chi connectivity index (χ4n) is 5.41. The minimum absolute atomic E-state index is 0.00790. The molecule has 1 aliphatic carbocycles. The Bertz CT molecular complexity index is 1020. The number of benzene rings is 2. The van der Waals surface area contributed by atoms with E-state index in [9.17, 15) is 0 Å². The maximum Gasteiger partial charge on any atom is 0.261 e. The fraction of sp³-hybridized carbons (Fsp3) is 0.464. The zero-order valence-electron chi connectivity index (χ0n) is 21.0. The van der Waals surface area contributed by atoms with Crippen molar-refractivity contribution in [1.29, 1.82) is 0 Å². The van der Waals surface area contributed by atoms with Crippen LogP contribution in [-0.4, -0.2) is 24.2 Å². The van der Waals surface area contributed by atoms with Crippen molar-refractivity contribution in [3.05, 3.63) is 72.4 Å². The molecule has 0 radical (unpaired) electrons. The highest BCUT2D eigenvalue weighted by atomic mass is 28.4. The van der Waals surface area contributed by atoms with Crippen LogP contribution in [0, 0.1) is 0 Å². The monoisotopic (exact) mass is 461 g/mol. The van der Waals surface area contributed by atoms with Gasteiger partial charge in [-0.25, -0.2) is 4.68 Å². The van der Waals surface area contributed by atoms with Gasteiger partial charge in [-0.3, -0.25) is 0 Å². The van der Waals surface area contributed by atoms with Crippen molar-refractivity contribution in [2.75, 3.05) is 5.73 Å². The molecule has 1 aliphatic rings. The standard InChI is InChI=1S/C28H39N3OSi/c1-27(2,3)31-26(29)20-25(30-31)21-17-18-22(19-21)32-33(28(4,5)6,23-13-9-7-10-14-23)24-15-11-8-12-16-24/h7-16,20-22H,17-19,29H2,1-6H3/t21-,22+/m0/s1. The first-order valence-electron chi connectivity index (χ1n) is 12.2. The molecule has 1 saturated carbocycles. The Morgan fingerprint density at radius 2 is 1.42 bits per heavy atom. The molecule has 1 aromatic heterocycles. The van der Waals surface area contributed by atoms with Crippen LogP contribution in [0.3, 0.4) is 0 Å². The summed E-state index contributed by atoms with van der Waals surface area (Å²) in [4.78, 5) is 0. The summed E-state index contributed by atoms with van der Waals surface area (Å²) >= 11 is 0. The minimum Gasteiger partial charge on any atom is -0.404 e. The molecule has 1 fully saturated rings. The molecule has 1 heterocycles. The average Bonchev–Trinajstić information content (AvgIpc) is 3.38. The highest BCUT2D eigenvalue weighted by Gasteiger charge is 2.52. The Kier molecular flexibility index (Phi) is 6.32. The number of nitrogens with two attached hydrogens (primary N) is 1. The molecular formula is C28H39N3OSi. The number of nitrogens with zero attached hydrogens (tertiary/aromatic N) is 2. The van der Waals surface area contributed by atoms with E-state index in [2.05, 4.69) is 108 Å². The van der Waals surface area contributed by atoms with Crippen molar-refractivity contribution in [1.82, 2.24) is 9.78 Å². The van der Waals surface area contributed by atoms with E-state index in [1.807, 2.05) is 4.68 Å². The topological polar surface area (TPSA) is 53.1 Å². The van der Waals surface area contributed by atoms with Crippen molar-refractivity contribution in [3.63, 3.8) is 0 Å². The van der Waals surface area contributed by atoms with E-state index < -0.39 is 8.32 Å². The van der Waals surface area contributed by atoms with E-state index in [1.54, 1.807) is 0 Å². The largest absolute Gasteiger partial charge is 0.404 e. The molecule has 0 unspecified atom stereocenters. The SMILES string of the molecule is CC(C)(C)n1nc([C@H]2CC[C@@H](O[Si](c3ccccc3)(c3ccccc3)C(C)(C)C)C2)cc1N. The van der Waals surface area contributed by atoms with Gasteiger partial charge in [-0.05, 0) is 55.4 Å². The van der Waals surface area contributed by atoms with Crippen LogP contribution in [-0.2, 0) is 9.96 Å². The molecule has 2 N–H and O–H groups in total. The predicted molar refractivity (Wildman–Crippen MR) is 141 cm³/mol. The van der Waals surface area contributed by atoms with Gasteiger partial charge in [0, 0.05) is 18.1 Å². The Morgan fingerprint density at radius 3 is 1.88 bits per heavy atom. The van der Waals surface area contributed by atoms with Gasteiger partial charge in [0.2, 0.25) is 0 Å². The van der Waals surface area contributed by atoms with Crippen molar-refractivity contribution < 1.29 is 4.43 Å². The van der Waals surface area contributed by atoms with Crippen LogP contribution >= 0.6 is 0 Å². The Hall–Kier alpha value is -2.37. The summed E-state index contributed by atoms with van der Waals surface area (Å²) in [6, 6.07) is 23.9. The Balaban J connectivity index is 1.67. The maximum absolute atomic E-state index is 7.36. The third kappa shape index (κ3) is 4.53. The summed E-state index contributed by atoms with van der Waals surface area (Å²) in [5.41, 5.74) is 7.30. The lowest BCUT2D eigenvalue weighted by molar-refractivity contribution is 0.193. The summed E-state index contributed by atoms with van der Waals surface area (Å²) in [6.07, 6.45) is 3.34. The Labute approximate surface area is 200 Å². The molecule has 33 heavy (non-hydrogen) atoms. The highest BCUT2D eigenvalue weighted by molar-refractivity contribution is 6.99. The molecule has 4 nitrogen and oxygen atoms in total. The van der Waals surface area contributed by atoms with E-state index in [0.717, 1.165) is 30.8 Å². The maximum atomic E-state index is 7.36. The van der Waals surface area contributed by atoms with Gasteiger partial charge < -0.3 is 10.2 Å². The second kappa shape index (κ2) is 8.77. The summed E-state index contributed by atoms with van der Waals surface area (Å²) < 4.78 is 9.32. The van der Waals surface area contributed by atoms with Gasteiger partial charge in [-0.1, -0.05) is 81.4 Å². The number of nitrogen functional groups attached to an aromatic ring is 1. The van der Waals surface area contributed by atoms with Crippen LogP contribution in [0.5, 0.6) is 0 Å². The summed E-state index contributed by atoms with van der Waals surface area (Å²) in [5, 5.41) is 7.58. The summed E-state index contributed by atoms with van der Waals surface area (Å²) in [5.74, 6) is 1.13. The lowest BCUT2D eigenvalue weighted by Gasteiger charge is -2.44. The van der Waals surface area contributed by atoms with Crippen molar-refractivity contribution in [3.8, 4) is 0 Å². The zero-order chi connectivity index (χ0) is 23.9. The first kappa shape index (κ1) is 23.8. The van der Waals surface area contributed by atoms with Crippen molar-refractivity contribution in [2.45, 2.75) is 83.4 Å². The first-order valence-corrected chi connectivity index (χ1v) is 14.1. The Morgan fingerprint density at radius 1 is 0.879 bits per heavy atom. The molecule has 5 heteroatoms. The van der Waals surface area contributed by atoms with Gasteiger partial charge in [0.15, 0.2) is 0 Å². The molecule has 176 valence electrons. The number of hydrogen-bond donors (Lipinski definition) is 1. The molecule has 2 aromatic carbocycles. The van der Waals surface area contributed by atoms with Crippen LogP contribution in [0.25, 0.3) is 0 Å². The van der Waals surface area contributed by atoms with Gasteiger partial charge in [-0.15, -0.1) is 0 Å². The quantitative estimate of drug-likeness (QED) is 0.515. The van der Waals surface area contributed by atoms with E-state index >= 15 is 0 Å². The van der Waals surface area contributed by atoms with Crippen molar-refractivity contribution >= 4 is 24.5 Å². The van der Waals surface area contributed by atoms with Gasteiger partial charge >= 0.3 is 0 Å². The third-order valence-electron chi connectivity index (χ3n) is 6.95. The second-order valence-electron chi connectivity index (χ2n) is 11.5. The molecule has 3 aromatic rings. The van der Waals surface area contributed by atoms with Crippen LogP contribution in [0.2, 0.25) is 5.04 Å². The molecule has 0 amide bonds. The normalized spacial score (nSPS) is 19.7. The van der Waals surface area contributed by atoms with Crippen LogP contribution in [0.4, 0.5) is 5.82 Å². The second-order valence-corrected chi connectivity index (χ2v) is 15.7. The number of hydrogen-bond acceptors (Lipinski definition) is 3. The smallest absolute Gasteiger partial charge is 0.261 e. The summed E-state index contributed by atoms with van der Waals surface area (Å²) in [7, 11) is -2.53. The minimum atomic E-state index is -2.53. The zero-order valence-corrected chi connectivity index (χ0v) is 22.0. The molecule has 4 rings (SSSR count). The third-order valence-corrected chi connectivity index (χ3v) is 12.0. The van der Waals surface area contributed by atoms with E-state index in [-0.39, 0.29) is 16.7 Å². The summed E-state index contributed by atoms with van der Waals surface area (Å²) in [6.45, 7) is 13.5. The van der Waals surface area contributed by atoms with Crippen LogP contribution in [0.15, 0.2) is 66.7 Å². The first-order chi connectivity index (χ1) is 15.5. The molecule has 2 atom stereocenters. The van der Waals surface area contributed by atoms with Gasteiger partial charge in [0.1, 0.15) is 5.82 Å². The van der Waals surface area contributed by atoms with E-state index in [1.165, 1.54) is 10.4 Å². The number of anilines is 1. The lowest BCUT2D eigenvalue weighted by Crippen LogP contribution is -2.67. The van der Waals surface area contributed by atoms with Gasteiger partial charge in [-0.2, -0.15) is 5.10 Å². The van der Waals surface area contributed by atoms with Crippen LogP contribution in [0.1, 0.15) is 72.4 Å². The molecule has 0 spiro atoms. The molecule has 0 aliphatic heterocycles. The number of aromatic nitrogens is 2. The van der Waals surface area contributed by atoms with E-state index in [4.69, 9.17) is 15.3 Å². The van der Waals surface area contributed by atoms with Gasteiger partial charge in [0.25, 0.3) is 8.32 Å². The van der Waals surface area contributed by atoms with Crippen LogP contribution < -0.4 is 16.1 Å². The van der Waals surface area contributed by atoms with Crippen molar-refractivity contribution in [2.24, 2.45) is 0 Å². The molecule has 0 bridgehead atoms. The fourth-order valence-corrected chi connectivity index (χ4v) is 10.1. The average molecular weight is 462 g/mol. The highest BCUT2D eigenvalue weighted by Crippen LogP contribution is 2.43. The predicted octanol–water partition coefficient (Wildman–Crippen LogP) is 5.43. The van der Waals surface area contributed by atoms with E-state index in [0.29, 0.717) is 5.92 Å². The molecular weight excluding hydrogens is 422 g/mol. The number of rotatable bonds is 5. The lowest BCUT2D eigenvalue weighted by atomic mass is 10.0. The van der Waals surface area contributed by atoms with Gasteiger partial charge in [0.05, 0.1) is 11.2 Å². The molecule has 0 saturated heterocycles.